The van der Waals surface area contributed by atoms with E-state index in [1.54, 1.807) is 6.07 Å². The van der Waals surface area contributed by atoms with Crippen LogP contribution in [0.2, 0.25) is 0 Å². The van der Waals surface area contributed by atoms with Crippen LogP contribution < -0.4 is 5.73 Å². The normalized spacial score (nSPS) is 12.2. The van der Waals surface area contributed by atoms with Crippen LogP contribution in [0.15, 0.2) is 18.2 Å². The largest absolute Gasteiger partial charge is 0.416 e. The number of benzene rings is 1. The molecular formula is C12H16F3N. The summed E-state index contributed by atoms with van der Waals surface area (Å²) in [6.45, 7) is 4.13. The molecule has 0 aliphatic heterocycles. The fourth-order valence-corrected chi connectivity index (χ4v) is 1.61. The quantitative estimate of drug-likeness (QED) is 0.848. The van der Waals surface area contributed by atoms with Gasteiger partial charge in [0.2, 0.25) is 0 Å². The average Bonchev–Trinajstić information content (AvgIpc) is 2.16. The van der Waals surface area contributed by atoms with Crippen molar-refractivity contribution in [1.82, 2.24) is 0 Å². The molecule has 4 heteroatoms. The molecule has 0 saturated carbocycles. The zero-order chi connectivity index (χ0) is 12.3. The summed E-state index contributed by atoms with van der Waals surface area (Å²) < 4.78 is 38.0. The summed E-state index contributed by atoms with van der Waals surface area (Å²) in [6, 6.07) is 4.30. The van der Waals surface area contributed by atoms with Crippen LogP contribution in [-0.4, -0.2) is 6.54 Å². The molecule has 0 aliphatic rings. The minimum atomic E-state index is -4.29. The fourth-order valence-electron chi connectivity index (χ4n) is 1.61. The van der Waals surface area contributed by atoms with Gasteiger partial charge in [-0.3, -0.25) is 0 Å². The summed E-state index contributed by atoms with van der Waals surface area (Å²) in [5.74, 6) is 0.221. The minimum absolute atomic E-state index is 0.221. The molecule has 1 aromatic carbocycles. The third-order valence-electron chi connectivity index (χ3n) is 2.52. The first-order valence-electron chi connectivity index (χ1n) is 5.26. The van der Waals surface area contributed by atoms with Gasteiger partial charge < -0.3 is 5.73 Å². The lowest BCUT2D eigenvalue weighted by atomic mass is 9.95. The monoisotopic (exact) mass is 231 g/mol. The summed E-state index contributed by atoms with van der Waals surface area (Å²) >= 11 is 0. The number of alkyl halides is 3. The Morgan fingerprint density at radius 2 is 1.88 bits per heavy atom. The Labute approximate surface area is 93.5 Å². The predicted octanol–water partition coefficient (Wildman–Crippen LogP) is 3.33. The van der Waals surface area contributed by atoms with E-state index in [2.05, 4.69) is 0 Å². The average molecular weight is 231 g/mol. The van der Waals surface area contributed by atoms with Gasteiger partial charge in [0.25, 0.3) is 0 Å². The van der Waals surface area contributed by atoms with Crippen LogP contribution in [0.3, 0.4) is 0 Å². The number of halogens is 3. The number of rotatable bonds is 3. The molecule has 0 radical (unpaired) electrons. The maximum absolute atomic E-state index is 12.7. The smallest absolute Gasteiger partial charge is 0.330 e. The van der Waals surface area contributed by atoms with Crippen LogP contribution in [0.25, 0.3) is 0 Å². The third-order valence-corrected chi connectivity index (χ3v) is 2.52. The second-order valence-corrected chi connectivity index (χ2v) is 4.11. The van der Waals surface area contributed by atoms with Crippen molar-refractivity contribution in [1.29, 1.82) is 0 Å². The van der Waals surface area contributed by atoms with Gasteiger partial charge in [0.05, 0.1) is 5.56 Å². The number of hydrogen-bond donors (Lipinski definition) is 1. The number of nitrogens with two attached hydrogens (primary N) is 1. The van der Waals surface area contributed by atoms with Crippen molar-refractivity contribution in [2.24, 2.45) is 5.73 Å². The molecule has 0 spiro atoms. The molecule has 1 nitrogen and oxygen atoms in total. The highest BCUT2D eigenvalue weighted by molar-refractivity contribution is 5.35. The SMILES string of the molecule is CC(C)c1ccc(C(F)(F)F)c(CCN)c1. The zero-order valence-corrected chi connectivity index (χ0v) is 9.43. The van der Waals surface area contributed by atoms with E-state index < -0.39 is 11.7 Å². The lowest BCUT2D eigenvalue weighted by molar-refractivity contribution is -0.138. The molecule has 0 fully saturated rings. The Balaban J connectivity index is 3.19. The maximum atomic E-state index is 12.7. The lowest BCUT2D eigenvalue weighted by Gasteiger charge is -2.15. The van der Waals surface area contributed by atoms with Gasteiger partial charge in [-0.2, -0.15) is 13.2 Å². The van der Waals surface area contributed by atoms with Crippen molar-refractivity contribution < 1.29 is 13.2 Å². The van der Waals surface area contributed by atoms with Crippen LogP contribution in [0.5, 0.6) is 0 Å². The first-order chi connectivity index (χ1) is 7.36. The molecule has 2 N–H and O–H groups in total. The molecule has 0 saturated heterocycles. The van der Waals surface area contributed by atoms with Crippen molar-refractivity contribution in [3.05, 3.63) is 34.9 Å². The molecule has 0 bridgehead atoms. The molecule has 90 valence electrons. The van der Waals surface area contributed by atoms with Crippen molar-refractivity contribution in [2.45, 2.75) is 32.4 Å². The van der Waals surface area contributed by atoms with Gasteiger partial charge in [0.15, 0.2) is 0 Å². The first kappa shape index (κ1) is 13.0. The van der Waals surface area contributed by atoms with Crippen molar-refractivity contribution in [2.75, 3.05) is 6.54 Å². The molecule has 0 aromatic heterocycles. The van der Waals surface area contributed by atoms with Gasteiger partial charge >= 0.3 is 6.18 Å². The highest BCUT2D eigenvalue weighted by atomic mass is 19.4. The van der Waals surface area contributed by atoms with Gasteiger partial charge in [-0.15, -0.1) is 0 Å². The van der Waals surface area contributed by atoms with Crippen LogP contribution in [0.1, 0.15) is 36.5 Å². The standard InChI is InChI=1S/C12H16F3N/c1-8(2)9-3-4-11(12(13,14)15)10(7-9)5-6-16/h3-4,7-8H,5-6,16H2,1-2H3. The zero-order valence-electron chi connectivity index (χ0n) is 9.43. The Morgan fingerprint density at radius 1 is 1.25 bits per heavy atom. The second kappa shape index (κ2) is 4.87. The molecule has 0 atom stereocenters. The number of hydrogen-bond acceptors (Lipinski definition) is 1. The first-order valence-corrected chi connectivity index (χ1v) is 5.26. The van der Waals surface area contributed by atoms with Crippen molar-refractivity contribution in [3.8, 4) is 0 Å². The van der Waals surface area contributed by atoms with Gasteiger partial charge in [0, 0.05) is 0 Å². The molecule has 0 unspecified atom stereocenters. The molecule has 1 aromatic rings. The van der Waals surface area contributed by atoms with Gasteiger partial charge in [-0.1, -0.05) is 26.0 Å². The van der Waals surface area contributed by atoms with Crippen LogP contribution >= 0.6 is 0 Å². The minimum Gasteiger partial charge on any atom is -0.330 e. The van der Waals surface area contributed by atoms with Crippen LogP contribution in [-0.2, 0) is 12.6 Å². The Hall–Kier alpha value is -1.03. The van der Waals surface area contributed by atoms with Crippen molar-refractivity contribution >= 4 is 0 Å². The third kappa shape index (κ3) is 2.98. The fraction of sp³-hybridized carbons (Fsp3) is 0.500. The summed E-state index contributed by atoms with van der Waals surface area (Å²) in [7, 11) is 0. The topological polar surface area (TPSA) is 26.0 Å². The van der Waals surface area contributed by atoms with Gasteiger partial charge in [-0.05, 0) is 36.1 Å². The van der Waals surface area contributed by atoms with Gasteiger partial charge in [0.1, 0.15) is 0 Å². The summed E-state index contributed by atoms with van der Waals surface area (Å²) in [5.41, 5.74) is 5.97. The molecule has 1 rings (SSSR count). The second-order valence-electron chi connectivity index (χ2n) is 4.11. The van der Waals surface area contributed by atoms with E-state index in [9.17, 15) is 13.2 Å². The highest BCUT2D eigenvalue weighted by Crippen LogP contribution is 2.33. The maximum Gasteiger partial charge on any atom is 0.416 e. The van der Waals surface area contributed by atoms with E-state index in [1.165, 1.54) is 6.07 Å². The van der Waals surface area contributed by atoms with E-state index in [4.69, 9.17) is 5.73 Å². The summed E-state index contributed by atoms with van der Waals surface area (Å²) in [5, 5.41) is 0. The molecule has 0 heterocycles. The Morgan fingerprint density at radius 3 is 2.31 bits per heavy atom. The van der Waals surface area contributed by atoms with E-state index >= 15 is 0 Å². The summed E-state index contributed by atoms with van der Waals surface area (Å²) in [4.78, 5) is 0. The predicted molar refractivity (Wildman–Crippen MR) is 58.3 cm³/mol. The van der Waals surface area contributed by atoms with Crippen LogP contribution in [0, 0.1) is 0 Å². The van der Waals surface area contributed by atoms with E-state index in [0.29, 0.717) is 5.56 Å². The Bertz CT molecular complexity index is 356. The lowest BCUT2D eigenvalue weighted by Crippen LogP contribution is -2.13. The van der Waals surface area contributed by atoms with Crippen LogP contribution in [0.4, 0.5) is 13.2 Å². The molecule has 0 aliphatic carbocycles. The van der Waals surface area contributed by atoms with E-state index in [0.717, 1.165) is 11.6 Å². The van der Waals surface area contributed by atoms with E-state index in [1.807, 2.05) is 13.8 Å². The highest BCUT2D eigenvalue weighted by Gasteiger charge is 2.32. The Kier molecular flexibility index (Phi) is 3.97. The van der Waals surface area contributed by atoms with E-state index in [-0.39, 0.29) is 18.9 Å². The van der Waals surface area contributed by atoms with Crippen molar-refractivity contribution in [3.63, 3.8) is 0 Å². The molecule has 0 amide bonds. The van der Waals surface area contributed by atoms with Gasteiger partial charge in [-0.25, -0.2) is 0 Å². The molecular weight excluding hydrogens is 215 g/mol. The summed E-state index contributed by atoms with van der Waals surface area (Å²) in [6.07, 6.45) is -4.03. The molecule has 16 heavy (non-hydrogen) atoms.